The Kier molecular flexibility index (Phi) is 16.9. The van der Waals surface area contributed by atoms with Crippen molar-refractivity contribution >= 4 is 29.7 Å². The molecule has 0 atom stereocenters. The molecule has 6 heteroatoms. The first kappa shape index (κ1) is 31.6. The molecule has 0 saturated heterocycles. The van der Waals surface area contributed by atoms with E-state index in [1.807, 2.05) is 6.07 Å². The fraction of sp³-hybridized carbons (Fsp3) is 0.531. The van der Waals surface area contributed by atoms with Gasteiger partial charge in [-0.15, -0.1) is 0 Å². The molecule has 0 radical (unpaired) electrons. The number of esters is 1. The summed E-state index contributed by atoms with van der Waals surface area (Å²) >= 11 is 5.88. The van der Waals surface area contributed by atoms with Crippen molar-refractivity contribution in [2.45, 2.75) is 110 Å². The topological polar surface area (TPSA) is 67.8 Å². The van der Waals surface area contributed by atoms with Gasteiger partial charge in [0, 0.05) is 17.0 Å². The molecule has 0 aliphatic rings. The summed E-state index contributed by atoms with van der Waals surface area (Å²) in [7, 11) is 0. The van der Waals surface area contributed by atoms with E-state index in [1.165, 1.54) is 89.7 Å². The van der Waals surface area contributed by atoms with E-state index in [0.29, 0.717) is 28.3 Å². The van der Waals surface area contributed by atoms with Crippen LogP contribution in [-0.2, 0) is 4.79 Å². The number of unbranched alkanes of at least 4 members (excludes halogenated alkanes) is 14. The van der Waals surface area contributed by atoms with Gasteiger partial charge in [0.1, 0.15) is 5.75 Å². The molecular weight excluding hydrogens is 496 g/mol. The van der Waals surface area contributed by atoms with Gasteiger partial charge in [0.15, 0.2) is 0 Å². The molecule has 0 heterocycles. The van der Waals surface area contributed by atoms with Crippen LogP contribution in [0.4, 0.5) is 0 Å². The number of nitrogens with one attached hydrogen (secondary N) is 1. The van der Waals surface area contributed by atoms with E-state index >= 15 is 0 Å². The highest BCUT2D eigenvalue weighted by Crippen LogP contribution is 2.19. The number of carbonyl (C=O) groups is 2. The third-order valence-electron chi connectivity index (χ3n) is 6.60. The molecule has 0 saturated carbocycles. The maximum atomic E-state index is 12.4. The highest BCUT2D eigenvalue weighted by molar-refractivity contribution is 6.30. The molecule has 0 fully saturated rings. The molecule has 208 valence electrons. The first-order valence-electron chi connectivity index (χ1n) is 14.5. The molecule has 0 unspecified atom stereocenters. The minimum Gasteiger partial charge on any atom is -0.422 e. The Bertz CT molecular complexity index is 959. The Morgan fingerprint density at radius 1 is 0.763 bits per heavy atom. The Morgan fingerprint density at radius 3 is 1.87 bits per heavy atom. The number of para-hydroxylation sites is 1. The van der Waals surface area contributed by atoms with Crippen LogP contribution in [0.15, 0.2) is 53.6 Å². The van der Waals surface area contributed by atoms with Crippen molar-refractivity contribution in [1.29, 1.82) is 0 Å². The van der Waals surface area contributed by atoms with Crippen molar-refractivity contribution < 1.29 is 14.3 Å². The smallest absolute Gasteiger partial charge is 0.343 e. The van der Waals surface area contributed by atoms with Crippen molar-refractivity contribution in [1.82, 2.24) is 5.43 Å². The molecule has 38 heavy (non-hydrogen) atoms. The number of benzene rings is 2. The molecule has 1 amide bonds. The zero-order valence-electron chi connectivity index (χ0n) is 23.1. The van der Waals surface area contributed by atoms with Crippen LogP contribution < -0.4 is 10.2 Å². The molecule has 2 aromatic rings. The first-order valence-corrected chi connectivity index (χ1v) is 14.9. The monoisotopic (exact) mass is 540 g/mol. The van der Waals surface area contributed by atoms with Gasteiger partial charge >= 0.3 is 5.97 Å². The lowest BCUT2D eigenvalue weighted by Gasteiger charge is -2.07. The fourth-order valence-electron chi connectivity index (χ4n) is 4.31. The summed E-state index contributed by atoms with van der Waals surface area (Å²) in [5, 5.41) is 4.60. The van der Waals surface area contributed by atoms with Gasteiger partial charge < -0.3 is 4.74 Å². The van der Waals surface area contributed by atoms with Crippen LogP contribution >= 0.6 is 11.6 Å². The Morgan fingerprint density at radius 2 is 1.29 bits per heavy atom. The SMILES string of the molecule is CCCCCCCCCCCCCCCCCC(=O)N/N=C\c1ccccc1OC(=O)c1ccc(Cl)cc1. The van der Waals surface area contributed by atoms with E-state index in [9.17, 15) is 9.59 Å². The second-order valence-electron chi connectivity index (χ2n) is 9.93. The maximum absolute atomic E-state index is 12.4. The van der Waals surface area contributed by atoms with E-state index in [-0.39, 0.29) is 5.91 Å². The van der Waals surface area contributed by atoms with Crippen LogP contribution in [0, 0.1) is 0 Å². The third kappa shape index (κ3) is 14.3. The number of carbonyl (C=O) groups excluding carboxylic acids is 2. The molecule has 2 aromatic carbocycles. The predicted molar refractivity (Wildman–Crippen MR) is 158 cm³/mol. The fourth-order valence-corrected chi connectivity index (χ4v) is 4.44. The molecule has 1 N–H and O–H groups in total. The summed E-state index contributed by atoms with van der Waals surface area (Å²) in [5.74, 6) is -0.223. The van der Waals surface area contributed by atoms with Gasteiger partial charge in [0.25, 0.3) is 0 Å². The van der Waals surface area contributed by atoms with Gasteiger partial charge in [-0.3, -0.25) is 4.79 Å². The van der Waals surface area contributed by atoms with Gasteiger partial charge in [-0.1, -0.05) is 121 Å². The second kappa shape index (κ2) is 20.3. The number of hydrazone groups is 1. The van der Waals surface area contributed by atoms with Crippen molar-refractivity contribution in [3.05, 3.63) is 64.7 Å². The van der Waals surface area contributed by atoms with Crippen LogP contribution in [0.1, 0.15) is 126 Å². The summed E-state index contributed by atoms with van der Waals surface area (Å²) in [5.41, 5.74) is 3.57. The van der Waals surface area contributed by atoms with E-state index in [2.05, 4.69) is 17.5 Å². The number of hydrogen-bond donors (Lipinski definition) is 1. The zero-order chi connectivity index (χ0) is 27.3. The lowest BCUT2D eigenvalue weighted by molar-refractivity contribution is -0.121. The van der Waals surface area contributed by atoms with Gasteiger partial charge in [0.2, 0.25) is 5.91 Å². The predicted octanol–water partition coefficient (Wildman–Crippen LogP) is 9.27. The zero-order valence-corrected chi connectivity index (χ0v) is 23.8. The lowest BCUT2D eigenvalue weighted by Crippen LogP contribution is -2.17. The van der Waals surface area contributed by atoms with Crippen LogP contribution in [-0.4, -0.2) is 18.1 Å². The van der Waals surface area contributed by atoms with Gasteiger partial charge in [-0.25, -0.2) is 10.2 Å². The summed E-state index contributed by atoms with van der Waals surface area (Å²) in [6, 6.07) is 13.6. The third-order valence-corrected chi connectivity index (χ3v) is 6.85. The van der Waals surface area contributed by atoms with E-state index < -0.39 is 5.97 Å². The molecule has 0 aromatic heterocycles. The average molecular weight is 541 g/mol. The first-order chi connectivity index (χ1) is 18.6. The molecule has 0 spiro atoms. The Balaban J connectivity index is 1.52. The van der Waals surface area contributed by atoms with Crippen LogP contribution in [0.5, 0.6) is 5.75 Å². The lowest BCUT2D eigenvalue weighted by atomic mass is 10.0. The quantitative estimate of drug-likeness (QED) is 0.0598. The summed E-state index contributed by atoms with van der Waals surface area (Å²) in [4.78, 5) is 24.5. The number of amides is 1. The molecule has 0 aliphatic carbocycles. The van der Waals surface area contributed by atoms with Crippen LogP contribution in [0.3, 0.4) is 0 Å². The molecule has 0 aliphatic heterocycles. The number of halogens is 1. The Hall–Kier alpha value is -2.66. The Labute approximate surface area is 234 Å². The molecule has 0 bridgehead atoms. The van der Waals surface area contributed by atoms with Crippen molar-refractivity contribution in [2.24, 2.45) is 5.10 Å². The van der Waals surface area contributed by atoms with Gasteiger partial charge in [0.05, 0.1) is 11.8 Å². The molecule has 2 rings (SSSR count). The highest BCUT2D eigenvalue weighted by Gasteiger charge is 2.11. The average Bonchev–Trinajstić information content (AvgIpc) is 2.92. The van der Waals surface area contributed by atoms with Crippen molar-refractivity contribution in [3.8, 4) is 5.75 Å². The summed E-state index contributed by atoms with van der Waals surface area (Å²) < 4.78 is 5.50. The maximum Gasteiger partial charge on any atom is 0.343 e. The standard InChI is InChI=1S/C32H45ClN2O3/c1-2-3-4-5-6-7-8-9-10-11-12-13-14-15-16-21-31(36)35-34-26-28-19-17-18-20-30(28)38-32(37)27-22-24-29(33)25-23-27/h17-20,22-26H,2-16,21H2,1H3,(H,35,36)/b34-26-. The number of rotatable bonds is 20. The van der Waals surface area contributed by atoms with Crippen molar-refractivity contribution in [2.75, 3.05) is 0 Å². The number of ether oxygens (including phenoxy) is 1. The van der Waals surface area contributed by atoms with Crippen LogP contribution in [0.2, 0.25) is 5.02 Å². The van der Waals surface area contributed by atoms with E-state index in [1.54, 1.807) is 42.5 Å². The normalized spacial score (nSPS) is 11.1. The van der Waals surface area contributed by atoms with E-state index in [4.69, 9.17) is 16.3 Å². The van der Waals surface area contributed by atoms with Gasteiger partial charge in [-0.2, -0.15) is 5.10 Å². The number of hydrogen-bond acceptors (Lipinski definition) is 4. The minimum absolute atomic E-state index is 0.105. The van der Waals surface area contributed by atoms with Crippen LogP contribution in [0.25, 0.3) is 0 Å². The second-order valence-corrected chi connectivity index (χ2v) is 10.4. The minimum atomic E-state index is -0.486. The van der Waals surface area contributed by atoms with Crippen molar-refractivity contribution in [3.63, 3.8) is 0 Å². The summed E-state index contributed by atoms with van der Waals surface area (Å²) in [6.07, 6.45) is 21.4. The van der Waals surface area contributed by atoms with E-state index in [0.717, 1.165) is 12.8 Å². The number of nitrogens with zero attached hydrogens (tertiary/aromatic N) is 1. The summed E-state index contributed by atoms with van der Waals surface area (Å²) in [6.45, 7) is 2.27. The van der Waals surface area contributed by atoms with Gasteiger partial charge in [-0.05, 0) is 42.8 Å². The largest absolute Gasteiger partial charge is 0.422 e. The molecule has 5 nitrogen and oxygen atoms in total. The highest BCUT2D eigenvalue weighted by atomic mass is 35.5. The molecular formula is C32H45ClN2O3.